The van der Waals surface area contributed by atoms with Gasteiger partial charge in [0.15, 0.2) is 0 Å². The number of hydrogen-bond donors (Lipinski definition) is 2. The largest absolute Gasteiger partial charge is 0.396 e. The third-order valence-electron chi connectivity index (χ3n) is 2.03. The van der Waals surface area contributed by atoms with Crippen LogP contribution in [0.3, 0.4) is 0 Å². The molecule has 0 aliphatic heterocycles. The van der Waals surface area contributed by atoms with Crippen LogP contribution in [0, 0.1) is 0 Å². The average Bonchev–Trinajstić information content (AvgIpc) is 2.18. The SMILES string of the molecule is Cl.N[C@H](CCCO)c1cc(Cl)ccc1Cl. The number of hydrogen-bond acceptors (Lipinski definition) is 2. The van der Waals surface area contributed by atoms with Crippen LogP contribution in [0.5, 0.6) is 0 Å². The van der Waals surface area contributed by atoms with Crippen LogP contribution in [0.15, 0.2) is 18.2 Å². The van der Waals surface area contributed by atoms with Crippen molar-refractivity contribution in [2.24, 2.45) is 5.73 Å². The zero-order valence-electron chi connectivity index (χ0n) is 8.12. The summed E-state index contributed by atoms with van der Waals surface area (Å²) < 4.78 is 0. The Morgan fingerprint density at radius 1 is 1.33 bits per heavy atom. The van der Waals surface area contributed by atoms with Crippen molar-refractivity contribution in [3.8, 4) is 0 Å². The molecule has 0 heterocycles. The van der Waals surface area contributed by atoms with E-state index in [9.17, 15) is 0 Å². The van der Waals surface area contributed by atoms with Crippen LogP contribution >= 0.6 is 35.6 Å². The van der Waals surface area contributed by atoms with E-state index in [2.05, 4.69) is 0 Å². The van der Waals surface area contributed by atoms with Gasteiger partial charge in [0.2, 0.25) is 0 Å². The molecule has 0 aromatic heterocycles. The molecule has 5 heteroatoms. The van der Waals surface area contributed by atoms with E-state index < -0.39 is 0 Å². The van der Waals surface area contributed by atoms with Crippen molar-refractivity contribution >= 4 is 35.6 Å². The molecule has 15 heavy (non-hydrogen) atoms. The molecule has 86 valence electrons. The highest BCUT2D eigenvalue weighted by molar-refractivity contribution is 6.33. The predicted octanol–water partition coefficient (Wildman–Crippen LogP) is 3.19. The van der Waals surface area contributed by atoms with E-state index in [4.69, 9.17) is 34.0 Å². The fraction of sp³-hybridized carbons (Fsp3) is 0.400. The lowest BCUT2D eigenvalue weighted by molar-refractivity contribution is 0.280. The maximum absolute atomic E-state index is 8.67. The first-order chi connectivity index (χ1) is 6.65. The maximum Gasteiger partial charge on any atom is 0.0454 e. The molecular weight excluding hydrogens is 256 g/mol. The molecule has 0 saturated heterocycles. The van der Waals surface area contributed by atoms with Crippen LogP contribution in [0.25, 0.3) is 0 Å². The van der Waals surface area contributed by atoms with Gasteiger partial charge >= 0.3 is 0 Å². The number of benzene rings is 1. The van der Waals surface area contributed by atoms with Gasteiger partial charge in [-0.05, 0) is 36.6 Å². The minimum atomic E-state index is -0.159. The first-order valence-electron chi connectivity index (χ1n) is 4.46. The molecule has 1 atom stereocenters. The average molecular weight is 271 g/mol. The van der Waals surface area contributed by atoms with Gasteiger partial charge in [-0.2, -0.15) is 0 Å². The van der Waals surface area contributed by atoms with Crippen molar-refractivity contribution < 1.29 is 5.11 Å². The quantitative estimate of drug-likeness (QED) is 0.883. The molecule has 0 bridgehead atoms. The van der Waals surface area contributed by atoms with Crippen molar-refractivity contribution in [3.63, 3.8) is 0 Å². The van der Waals surface area contributed by atoms with E-state index >= 15 is 0 Å². The van der Waals surface area contributed by atoms with Crippen LogP contribution in [0.2, 0.25) is 10.0 Å². The third-order valence-corrected chi connectivity index (χ3v) is 2.61. The molecule has 0 unspecified atom stereocenters. The zero-order chi connectivity index (χ0) is 10.6. The summed E-state index contributed by atoms with van der Waals surface area (Å²) in [4.78, 5) is 0. The third kappa shape index (κ3) is 4.58. The van der Waals surface area contributed by atoms with Crippen molar-refractivity contribution in [2.75, 3.05) is 6.61 Å². The van der Waals surface area contributed by atoms with Crippen molar-refractivity contribution in [1.29, 1.82) is 0 Å². The van der Waals surface area contributed by atoms with E-state index in [-0.39, 0.29) is 25.1 Å². The summed E-state index contributed by atoms with van der Waals surface area (Å²) in [7, 11) is 0. The molecule has 2 nitrogen and oxygen atoms in total. The maximum atomic E-state index is 8.67. The molecule has 0 fully saturated rings. The number of nitrogens with two attached hydrogens (primary N) is 1. The van der Waals surface area contributed by atoms with Gasteiger partial charge in [-0.3, -0.25) is 0 Å². The van der Waals surface area contributed by atoms with E-state index in [1.165, 1.54) is 0 Å². The molecule has 0 aliphatic carbocycles. The Kier molecular flexibility index (Phi) is 7.32. The van der Waals surface area contributed by atoms with Crippen LogP contribution < -0.4 is 5.73 Å². The van der Waals surface area contributed by atoms with Gasteiger partial charge in [-0.25, -0.2) is 0 Å². The van der Waals surface area contributed by atoms with Crippen molar-refractivity contribution in [2.45, 2.75) is 18.9 Å². The van der Waals surface area contributed by atoms with Crippen LogP contribution in [-0.2, 0) is 0 Å². The summed E-state index contributed by atoms with van der Waals surface area (Å²) in [6.07, 6.45) is 1.38. The first kappa shape index (κ1) is 15.0. The molecule has 1 rings (SSSR count). The van der Waals surface area contributed by atoms with Gasteiger partial charge in [0.1, 0.15) is 0 Å². The predicted molar refractivity (Wildman–Crippen MR) is 67.0 cm³/mol. The Morgan fingerprint density at radius 2 is 2.00 bits per heavy atom. The molecule has 0 aliphatic rings. The van der Waals surface area contributed by atoms with Crippen molar-refractivity contribution in [1.82, 2.24) is 0 Å². The summed E-state index contributed by atoms with van der Waals surface area (Å²) in [5.41, 5.74) is 6.74. The van der Waals surface area contributed by atoms with Crippen LogP contribution in [0.1, 0.15) is 24.4 Å². The zero-order valence-corrected chi connectivity index (χ0v) is 10.4. The minimum absolute atomic E-state index is 0. The lowest BCUT2D eigenvalue weighted by Gasteiger charge is -2.13. The highest BCUT2D eigenvalue weighted by Gasteiger charge is 2.10. The normalized spacial score (nSPS) is 12.0. The lowest BCUT2D eigenvalue weighted by Crippen LogP contribution is -2.11. The van der Waals surface area contributed by atoms with Gasteiger partial charge in [-0.1, -0.05) is 23.2 Å². The molecule has 1 aromatic rings. The standard InChI is InChI=1S/C10H13Cl2NO.ClH/c11-7-3-4-9(12)8(6-7)10(13)2-1-5-14;/h3-4,6,10,14H,1-2,5,13H2;1H/t10-;/m1./s1. The first-order valence-corrected chi connectivity index (χ1v) is 5.22. The van der Waals surface area contributed by atoms with E-state index in [1.807, 2.05) is 0 Å². The topological polar surface area (TPSA) is 46.2 Å². The second-order valence-corrected chi connectivity index (χ2v) is 3.98. The van der Waals surface area contributed by atoms with Gasteiger partial charge in [0, 0.05) is 22.7 Å². The molecule has 0 spiro atoms. The molecule has 3 N–H and O–H groups in total. The summed E-state index contributed by atoms with van der Waals surface area (Å²) in [6, 6.07) is 5.07. The minimum Gasteiger partial charge on any atom is -0.396 e. The Labute approximate surface area is 106 Å². The van der Waals surface area contributed by atoms with Gasteiger partial charge in [0.05, 0.1) is 0 Å². The summed E-state index contributed by atoms with van der Waals surface area (Å²) in [5.74, 6) is 0. The highest BCUT2D eigenvalue weighted by Crippen LogP contribution is 2.27. The Balaban J connectivity index is 0.00000196. The second kappa shape index (κ2) is 7.31. The molecule has 0 saturated carbocycles. The summed E-state index contributed by atoms with van der Waals surface area (Å²) in [5, 5.41) is 9.92. The Bertz CT molecular complexity index is 307. The Hall–Kier alpha value is 0.01000. The fourth-order valence-electron chi connectivity index (χ4n) is 1.27. The number of rotatable bonds is 4. The monoisotopic (exact) mass is 269 g/mol. The fourth-order valence-corrected chi connectivity index (χ4v) is 1.70. The lowest BCUT2D eigenvalue weighted by atomic mass is 10.0. The van der Waals surface area contributed by atoms with Gasteiger partial charge in [-0.15, -0.1) is 12.4 Å². The second-order valence-electron chi connectivity index (χ2n) is 3.14. The smallest absolute Gasteiger partial charge is 0.0454 e. The number of aliphatic hydroxyl groups excluding tert-OH is 1. The number of aliphatic hydroxyl groups is 1. The summed E-state index contributed by atoms with van der Waals surface area (Å²) >= 11 is 11.8. The highest BCUT2D eigenvalue weighted by atomic mass is 35.5. The Morgan fingerprint density at radius 3 is 2.60 bits per heavy atom. The summed E-state index contributed by atoms with van der Waals surface area (Å²) in [6.45, 7) is 0.145. The van der Waals surface area contributed by atoms with Gasteiger partial charge < -0.3 is 10.8 Å². The van der Waals surface area contributed by atoms with Crippen LogP contribution in [-0.4, -0.2) is 11.7 Å². The number of halogens is 3. The molecule has 0 radical (unpaired) electrons. The van der Waals surface area contributed by atoms with E-state index in [1.54, 1.807) is 18.2 Å². The molecule has 0 amide bonds. The van der Waals surface area contributed by atoms with Crippen molar-refractivity contribution in [3.05, 3.63) is 33.8 Å². The van der Waals surface area contributed by atoms with E-state index in [0.29, 0.717) is 22.9 Å². The van der Waals surface area contributed by atoms with E-state index in [0.717, 1.165) is 5.56 Å². The van der Waals surface area contributed by atoms with Crippen LogP contribution in [0.4, 0.5) is 0 Å². The molecular formula is C10H14Cl3NO. The van der Waals surface area contributed by atoms with Gasteiger partial charge in [0.25, 0.3) is 0 Å². The molecule has 1 aromatic carbocycles.